The number of unbranched alkanes of at least 4 members (excludes halogenated alkanes) is 10. The maximum atomic E-state index is 14.0. The van der Waals surface area contributed by atoms with E-state index in [0.29, 0.717) is 54.7 Å². The number of hydrogen-bond acceptors (Lipinski definition) is 5. The smallest absolute Gasteiger partial charge is 0.264 e. The van der Waals surface area contributed by atoms with Crippen molar-refractivity contribution in [2.45, 2.75) is 201 Å². The summed E-state index contributed by atoms with van der Waals surface area (Å²) in [5.74, 6) is 3.17. The first-order chi connectivity index (χ1) is 36.3. The molecule has 76 heavy (non-hydrogen) atoms. The molecule has 2 aliphatic heterocycles. The van der Waals surface area contributed by atoms with Crippen molar-refractivity contribution in [2.24, 2.45) is 40.4 Å². The van der Waals surface area contributed by atoms with E-state index in [4.69, 9.17) is 4.74 Å². The highest BCUT2D eigenvalue weighted by atomic mass is 32.2. The molecule has 3 fully saturated rings. The summed E-state index contributed by atoms with van der Waals surface area (Å²) >= 11 is 0. The minimum Gasteiger partial charge on any atom is -0.378 e. The lowest BCUT2D eigenvalue weighted by Crippen LogP contribution is -2.51. The van der Waals surface area contributed by atoms with Crippen molar-refractivity contribution in [3.8, 4) is 0 Å². The molecule has 4 aliphatic carbocycles. The van der Waals surface area contributed by atoms with Gasteiger partial charge in [-0.25, -0.2) is 0 Å². The third-order valence-corrected chi connectivity index (χ3v) is 21.1. The molecule has 8 rings (SSSR count). The first-order valence-electron chi connectivity index (χ1n) is 30.2. The molecule has 2 aromatic carbocycles. The number of carbonyl (C=O) groups excluding carboxylic acids is 1. The van der Waals surface area contributed by atoms with Gasteiger partial charge < -0.3 is 15.0 Å². The predicted molar refractivity (Wildman–Crippen MR) is 317 cm³/mol. The van der Waals surface area contributed by atoms with Crippen molar-refractivity contribution in [3.05, 3.63) is 119 Å². The third kappa shape index (κ3) is 12.7. The molecular weight excluding hydrogens is 959 g/mol. The van der Waals surface area contributed by atoms with E-state index < -0.39 is 10.1 Å². The molecule has 1 unspecified atom stereocenters. The van der Waals surface area contributed by atoms with Gasteiger partial charge in [0.25, 0.3) is 16.0 Å². The molecular formula is C67H98N3O5S+. The van der Waals surface area contributed by atoms with E-state index in [1.807, 2.05) is 24.3 Å². The van der Waals surface area contributed by atoms with Gasteiger partial charge in [0.05, 0.1) is 17.3 Å². The number of anilines is 1. The van der Waals surface area contributed by atoms with Gasteiger partial charge in [-0.2, -0.15) is 13.0 Å². The molecule has 2 N–H and O–H groups in total. The fourth-order valence-electron chi connectivity index (χ4n) is 16.0. The summed E-state index contributed by atoms with van der Waals surface area (Å²) in [7, 11) is -1.86. The summed E-state index contributed by atoms with van der Waals surface area (Å²) in [4.78, 5) is 16.3. The van der Waals surface area contributed by atoms with E-state index in [1.165, 1.54) is 126 Å². The number of nitrogens with zero attached hydrogens (tertiary/aromatic N) is 2. The molecule has 3 saturated carbocycles. The largest absolute Gasteiger partial charge is 0.378 e. The third-order valence-electron chi connectivity index (χ3n) is 20.3. The molecule has 0 spiro atoms. The number of allylic oxidation sites excluding steroid dienone is 9. The standard InChI is InChI=1S/C67H97N3O5S/c1-10-11-12-13-14-15-16-17-21-27-44-75-52-39-41-66(7)51(47-52)34-35-53-55-37-36-54(67(55,8)42-40-56(53)66)49(2)48-68-63(71)50-33-38-59-58(46-50)65(5,6)61(69(59)9)31-22-19-18-20-23-32-62-64(3,4)57-29-24-25-30-60(57)70(62)43-26-28-45-76(72,73)74/h18-20,22-25,29-34,38,46,49,52-56H,10-17,21,26-28,35-37,39-45,47-48H2,1-9H3,(H-,68,71,72,73,74)/p+1/t49?,52-,53-,54+,55-,56-,66-,67+/m0/s1. The molecule has 0 bridgehead atoms. The SMILES string of the molecule is CCCCCCCCCCCCO[C@H]1CC[C@@]2(C)C(=CC[C@H]3[C@@H]4CC[C@H](C(C)CNC(=O)c5ccc6c(c5)C(C)(C)C(C=CC=CC=CC=C5N(CCCCS(=O)(=O)O)c7ccccc7C5(C)C)=[N+]6C)[C@@]4(C)CC[C@@H]32)C1. The van der Waals surface area contributed by atoms with Gasteiger partial charge in [-0.1, -0.05) is 160 Å². The van der Waals surface area contributed by atoms with Gasteiger partial charge >= 0.3 is 0 Å². The lowest BCUT2D eigenvalue weighted by Gasteiger charge is -2.58. The van der Waals surface area contributed by atoms with Crippen LogP contribution in [-0.4, -0.2) is 67.8 Å². The van der Waals surface area contributed by atoms with E-state index in [1.54, 1.807) is 5.57 Å². The molecule has 9 heteroatoms. The fourth-order valence-corrected chi connectivity index (χ4v) is 16.6. The van der Waals surface area contributed by atoms with Crippen LogP contribution in [0.25, 0.3) is 0 Å². The maximum Gasteiger partial charge on any atom is 0.264 e. The topological polar surface area (TPSA) is 99.0 Å². The van der Waals surface area contributed by atoms with Crippen LogP contribution in [0, 0.1) is 40.4 Å². The summed E-state index contributed by atoms with van der Waals surface area (Å²) in [5.41, 5.74) is 9.62. The van der Waals surface area contributed by atoms with E-state index in [-0.39, 0.29) is 22.5 Å². The molecule has 0 aromatic heterocycles. The number of fused-ring (bicyclic) bond motifs is 7. The van der Waals surface area contributed by atoms with Crippen molar-refractivity contribution in [1.29, 1.82) is 0 Å². The number of rotatable bonds is 25. The van der Waals surface area contributed by atoms with Crippen LogP contribution >= 0.6 is 0 Å². The lowest BCUT2D eigenvalue weighted by molar-refractivity contribution is -0.401. The van der Waals surface area contributed by atoms with Crippen molar-refractivity contribution >= 4 is 33.1 Å². The average Bonchev–Trinajstić information content (AvgIpc) is 3.95. The van der Waals surface area contributed by atoms with Gasteiger partial charge in [0.15, 0.2) is 5.71 Å². The second kappa shape index (κ2) is 25.0. The van der Waals surface area contributed by atoms with Crippen LogP contribution in [0.3, 0.4) is 0 Å². The zero-order chi connectivity index (χ0) is 54.3. The minimum absolute atomic E-state index is 0.0243. The molecule has 0 radical (unpaired) electrons. The van der Waals surface area contributed by atoms with E-state index in [9.17, 15) is 17.8 Å². The highest BCUT2D eigenvalue weighted by molar-refractivity contribution is 7.85. The van der Waals surface area contributed by atoms with E-state index >= 15 is 0 Å². The zero-order valence-corrected chi connectivity index (χ0v) is 49.3. The summed E-state index contributed by atoms with van der Waals surface area (Å²) in [5, 5.41) is 3.43. The minimum atomic E-state index is -3.98. The summed E-state index contributed by atoms with van der Waals surface area (Å²) in [6.45, 7) is 21.2. The van der Waals surface area contributed by atoms with E-state index in [0.717, 1.165) is 53.4 Å². The second-order valence-electron chi connectivity index (χ2n) is 25.9. The summed E-state index contributed by atoms with van der Waals surface area (Å²) < 4.78 is 40.8. The van der Waals surface area contributed by atoms with Crippen LogP contribution in [0.5, 0.6) is 0 Å². The molecule has 2 heterocycles. The van der Waals surface area contributed by atoms with Crippen LogP contribution in [0.1, 0.15) is 205 Å². The van der Waals surface area contributed by atoms with Gasteiger partial charge in [-0.3, -0.25) is 9.35 Å². The molecule has 416 valence electrons. The molecule has 8 nitrogen and oxygen atoms in total. The van der Waals surface area contributed by atoms with Crippen LogP contribution < -0.4 is 10.2 Å². The first-order valence-corrected chi connectivity index (χ1v) is 31.8. The molecule has 2 aromatic rings. The fraction of sp³-hybridized carbons (Fsp3) is 0.642. The number of ether oxygens (including phenoxy) is 1. The Balaban J connectivity index is 0.807. The Morgan fingerprint density at radius 2 is 1.53 bits per heavy atom. The highest BCUT2D eigenvalue weighted by Crippen LogP contribution is 2.67. The van der Waals surface area contributed by atoms with Crippen molar-refractivity contribution < 1.29 is 27.1 Å². The Bertz CT molecular complexity index is 2650. The van der Waals surface area contributed by atoms with Crippen molar-refractivity contribution in [2.75, 3.05) is 37.4 Å². The Morgan fingerprint density at radius 3 is 2.28 bits per heavy atom. The number of amides is 1. The number of nitrogens with one attached hydrogen (secondary N) is 1. The van der Waals surface area contributed by atoms with Crippen LogP contribution in [0.15, 0.2) is 102 Å². The van der Waals surface area contributed by atoms with Crippen molar-refractivity contribution in [1.82, 2.24) is 5.32 Å². The summed E-state index contributed by atoms with van der Waals surface area (Å²) in [6.07, 6.45) is 42.6. The van der Waals surface area contributed by atoms with Gasteiger partial charge in [0.1, 0.15) is 7.05 Å². The van der Waals surface area contributed by atoms with Gasteiger partial charge in [0, 0.05) is 59.8 Å². The molecule has 0 saturated heterocycles. The Labute approximate surface area is 460 Å². The van der Waals surface area contributed by atoms with Crippen LogP contribution in [0.2, 0.25) is 0 Å². The quantitative estimate of drug-likeness (QED) is 0.0338. The Kier molecular flexibility index (Phi) is 19.1. The average molecular weight is 1060 g/mol. The number of carbonyl (C=O) groups is 1. The number of benzene rings is 2. The zero-order valence-electron chi connectivity index (χ0n) is 48.5. The molecule has 6 aliphatic rings. The molecule has 1 amide bonds. The second-order valence-corrected chi connectivity index (χ2v) is 27.4. The predicted octanol–water partition coefficient (Wildman–Crippen LogP) is 16.0. The number of para-hydroxylation sites is 1. The Morgan fingerprint density at radius 1 is 0.816 bits per heavy atom. The molecule has 8 atom stereocenters. The first kappa shape index (κ1) is 58.1. The Hall–Kier alpha value is -4.05. The normalized spacial score (nSPS) is 28.5. The lowest BCUT2D eigenvalue weighted by atomic mass is 9.47. The van der Waals surface area contributed by atoms with Crippen molar-refractivity contribution in [3.63, 3.8) is 0 Å². The van der Waals surface area contributed by atoms with E-state index in [2.05, 4.69) is 144 Å². The van der Waals surface area contributed by atoms with Gasteiger partial charge in [-0.15, -0.1) is 0 Å². The van der Waals surface area contributed by atoms with Gasteiger partial charge in [0.2, 0.25) is 5.69 Å². The number of hydrogen-bond donors (Lipinski definition) is 2. The summed E-state index contributed by atoms with van der Waals surface area (Å²) in [6, 6.07) is 14.6. The van der Waals surface area contributed by atoms with Gasteiger partial charge in [-0.05, 0) is 155 Å². The maximum absolute atomic E-state index is 14.0. The highest BCUT2D eigenvalue weighted by Gasteiger charge is 2.59. The monoisotopic (exact) mass is 1060 g/mol. The van der Waals surface area contributed by atoms with Crippen LogP contribution in [0.4, 0.5) is 11.4 Å². The van der Waals surface area contributed by atoms with Crippen LogP contribution in [-0.2, 0) is 25.7 Å².